The molecular weight excluding hydrogens is 286 g/mol. The predicted molar refractivity (Wildman–Crippen MR) is 75.1 cm³/mol. The SMILES string of the molecule is CSOC(=O)N(SC)c1ccc(-n2cnnn2)cc1. The molecule has 0 N–H and O–H groups in total. The van der Waals surface area contributed by atoms with Crippen LogP contribution in [0.2, 0.25) is 0 Å². The van der Waals surface area contributed by atoms with Crippen molar-refractivity contribution in [2.45, 2.75) is 0 Å². The summed E-state index contributed by atoms with van der Waals surface area (Å²) < 4.78 is 7.89. The number of carbonyl (C=O) groups excluding carboxylic acids is 1. The second kappa shape index (κ2) is 6.43. The van der Waals surface area contributed by atoms with Crippen LogP contribution < -0.4 is 4.31 Å². The molecule has 2 rings (SSSR count). The van der Waals surface area contributed by atoms with Crippen molar-refractivity contribution in [1.82, 2.24) is 20.2 Å². The highest BCUT2D eigenvalue weighted by Crippen LogP contribution is 2.24. The van der Waals surface area contributed by atoms with Crippen LogP contribution in [0.25, 0.3) is 5.69 Å². The van der Waals surface area contributed by atoms with Gasteiger partial charge in [0.05, 0.1) is 23.4 Å². The van der Waals surface area contributed by atoms with Gasteiger partial charge in [-0.3, -0.25) is 0 Å². The average molecular weight is 297 g/mol. The van der Waals surface area contributed by atoms with Gasteiger partial charge in [-0.2, -0.15) is 0 Å². The molecule has 0 bridgehead atoms. The maximum atomic E-state index is 11.7. The Hall–Kier alpha value is -1.74. The fourth-order valence-corrected chi connectivity index (χ4v) is 2.19. The zero-order valence-electron chi connectivity index (χ0n) is 10.3. The van der Waals surface area contributed by atoms with E-state index < -0.39 is 6.09 Å². The normalized spacial score (nSPS) is 10.2. The van der Waals surface area contributed by atoms with E-state index in [0.29, 0.717) is 0 Å². The summed E-state index contributed by atoms with van der Waals surface area (Å²) in [4.78, 5) is 11.7. The number of carbonyl (C=O) groups is 1. The second-order valence-electron chi connectivity index (χ2n) is 3.26. The van der Waals surface area contributed by atoms with Crippen molar-refractivity contribution in [2.24, 2.45) is 0 Å². The molecule has 2 aromatic rings. The third-order valence-electron chi connectivity index (χ3n) is 2.20. The van der Waals surface area contributed by atoms with Crippen LogP contribution in [0.15, 0.2) is 30.6 Å². The van der Waals surface area contributed by atoms with E-state index in [4.69, 9.17) is 4.18 Å². The van der Waals surface area contributed by atoms with E-state index in [-0.39, 0.29) is 0 Å². The Balaban J connectivity index is 2.19. The summed E-state index contributed by atoms with van der Waals surface area (Å²) in [5, 5.41) is 10.9. The van der Waals surface area contributed by atoms with Gasteiger partial charge in [-0.05, 0) is 46.6 Å². The lowest BCUT2D eigenvalue weighted by molar-refractivity contribution is 0.220. The Bertz CT molecular complexity index is 531. The third kappa shape index (κ3) is 3.18. The number of anilines is 1. The van der Waals surface area contributed by atoms with Crippen LogP contribution in [-0.2, 0) is 4.18 Å². The lowest BCUT2D eigenvalue weighted by atomic mass is 10.3. The van der Waals surface area contributed by atoms with Gasteiger partial charge in [-0.25, -0.2) is 13.8 Å². The summed E-state index contributed by atoms with van der Waals surface area (Å²) >= 11 is 2.29. The van der Waals surface area contributed by atoms with Gasteiger partial charge in [0.1, 0.15) is 6.33 Å². The molecule has 0 fully saturated rings. The summed E-state index contributed by atoms with van der Waals surface area (Å²) in [5.41, 5.74) is 1.54. The van der Waals surface area contributed by atoms with E-state index in [2.05, 4.69) is 15.5 Å². The van der Waals surface area contributed by atoms with E-state index in [9.17, 15) is 4.79 Å². The molecule has 0 atom stereocenters. The lowest BCUT2D eigenvalue weighted by Crippen LogP contribution is -2.22. The molecule has 0 aliphatic heterocycles. The summed E-state index contributed by atoms with van der Waals surface area (Å²) in [7, 11) is 0. The Kier molecular flexibility index (Phi) is 4.63. The molecule has 0 spiro atoms. The lowest BCUT2D eigenvalue weighted by Gasteiger charge is -2.17. The fraction of sp³-hybridized carbons (Fsp3) is 0.200. The Morgan fingerprint density at radius 3 is 2.58 bits per heavy atom. The molecule has 9 heteroatoms. The largest absolute Gasteiger partial charge is 0.436 e. The molecule has 0 aliphatic rings. The first kappa shape index (κ1) is 13.7. The number of hydrogen-bond donors (Lipinski definition) is 0. The fourth-order valence-electron chi connectivity index (χ4n) is 1.41. The van der Waals surface area contributed by atoms with Gasteiger partial charge in [-0.1, -0.05) is 0 Å². The van der Waals surface area contributed by atoms with Crippen molar-refractivity contribution in [3.8, 4) is 5.69 Å². The molecule has 0 radical (unpaired) electrons. The summed E-state index contributed by atoms with van der Waals surface area (Å²) in [6.07, 6.45) is 4.58. The molecule has 0 unspecified atom stereocenters. The number of rotatable bonds is 4. The minimum Gasteiger partial charge on any atom is -0.374 e. The molecule has 0 saturated carbocycles. The first-order valence-electron chi connectivity index (χ1n) is 5.18. The van der Waals surface area contributed by atoms with Gasteiger partial charge < -0.3 is 4.18 Å². The molecule has 1 amide bonds. The minimum absolute atomic E-state index is 0.421. The van der Waals surface area contributed by atoms with Crippen LogP contribution in [0.4, 0.5) is 10.5 Å². The Morgan fingerprint density at radius 2 is 2.05 bits per heavy atom. The average Bonchev–Trinajstić information content (AvgIpc) is 2.95. The molecular formula is C10H11N5O2S2. The van der Waals surface area contributed by atoms with Crippen LogP contribution in [0.1, 0.15) is 0 Å². The van der Waals surface area contributed by atoms with Crippen molar-refractivity contribution in [3.63, 3.8) is 0 Å². The molecule has 7 nitrogen and oxygen atoms in total. The van der Waals surface area contributed by atoms with E-state index in [1.807, 2.05) is 12.1 Å². The Labute approximate surface area is 118 Å². The van der Waals surface area contributed by atoms with Crippen molar-refractivity contribution >= 4 is 35.8 Å². The summed E-state index contributed by atoms with van der Waals surface area (Å²) in [6, 6.07) is 7.24. The highest BCUT2D eigenvalue weighted by molar-refractivity contribution is 8.00. The van der Waals surface area contributed by atoms with Crippen LogP contribution in [0.5, 0.6) is 0 Å². The molecule has 19 heavy (non-hydrogen) atoms. The number of benzene rings is 1. The van der Waals surface area contributed by atoms with Gasteiger partial charge in [0, 0.05) is 12.5 Å². The van der Waals surface area contributed by atoms with E-state index in [1.54, 1.807) is 24.6 Å². The molecule has 1 aromatic carbocycles. The quantitative estimate of drug-likeness (QED) is 0.632. The summed E-state index contributed by atoms with van der Waals surface area (Å²) in [6.45, 7) is 0. The molecule has 100 valence electrons. The third-order valence-corrected chi connectivity index (χ3v) is 3.24. The van der Waals surface area contributed by atoms with Gasteiger partial charge in [0.25, 0.3) is 0 Å². The van der Waals surface area contributed by atoms with Gasteiger partial charge in [0.2, 0.25) is 0 Å². The van der Waals surface area contributed by atoms with Crippen LogP contribution in [0, 0.1) is 0 Å². The number of aromatic nitrogens is 4. The first-order valence-corrected chi connectivity index (χ1v) is 7.51. The first-order chi connectivity index (χ1) is 9.26. The van der Waals surface area contributed by atoms with Crippen molar-refractivity contribution in [3.05, 3.63) is 30.6 Å². The van der Waals surface area contributed by atoms with E-state index in [0.717, 1.165) is 23.4 Å². The number of hydrogen-bond acceptors (Lipinski definition) is 7. The van der Waals surface area contributed by atoms with Crippen LogP contribution in [-0.4, -0.2) is 38.8 Å². The zero-order chi connectivity index (χ0) is 13.7. The van der Waals surface area contributed by atoms with Crippen molar-refractivity contribution in [2.75, 3.05) is 16.8 Å². The second-order valence-corrected chi connectivity index (χ2v) is 4.49. The zero-order valence-corrected chi connectivity index (χ0v) is 11.9. The molecule has 1 aromatic heterocycles. The highest BCUT2D eigenvalue weighted by Gasteiger charge is 2.16. The van der Waals surface area contributed by atoms with Crippen molar-refractivity contribution < 1.29 is 8.98 Å². The minimum atomic E-state index is -0.421. The number of nitrogens with zero attached hydrogens (tertiary/aromatic N) is 5. The highest BCUT2D eigenvalue weighted by atomic mass is 32.2. The van der Waals surface area contributed by atoms with Crippen molar-refractivity contribution in [1.29, 1.82) is 0 Å². The standard InChI is InChI=1S/C10H11N5O2S2/c1-18-15(10(16)17-19-2)9-5-3-8(4-6-9)14-7-11-12-13-14/h3-7H,1-2H3. The Morgan fingerprint density at radius 1 is 1.32 bits per heavy atom. The topological polar surface area (TPSA) is 73.1 Å². The predicted octanol–water partition coefficient (Wildman–Crippen LogP) is 2.16. The maximum absolute atomic E-state index is 11.7. The molecule has 0 aliphatic carbocycles. The van der Waals surface area contributed by atoms with Crippen LogP contribution in [0.3, 0.4) is 0 Å². The molecule has 1 heterocycles. The maximum Gasteiger partial charge on any atom is 0.436 e. The number of amides is 1. The number of tetrazole rings is 1. The van der Waals surface area contributed by atoms with E-state index >= 15 is 0 Å². The van der Waals surface area contributed by atoms with E-state index in [1.165, 1.54) is 27.3 Å². The van der Waals surface area contributed by atoms with Gasteiger partial charge >= 0.3 is 6.09 Å². The smallest absolute Gasteiger partial charge is 0.374 e. The summed E-state index contributed by atoms with van der Waals surface area (Å²) in [5.74, 6) is 0. The monoisotopic (exact) mass is 297 g/mol. The van der Waals surface area contributed by atoms with Gasteiger partial charge in [-0.15, -0.1) is 5.10 Å². The molecule has 0 saturated heterocycles. The van der Waals surface area contributed by atoms with Crippen LogP contribution >= 0.6 is 24.0 Å². The van der Waals surface area contributed by atoms with Gasteiger partial charge in [0.15, 0.2) is 0 Å².